The summed E-state index contributed by atoms with van der Waals surface area (Å²) in [7, 11) is -1.09. The Labute approximate surface area is 194 Å². The molecule has 1 N–H and O–H groups in total. The van der Waals surface area contributed by atoms with Gasteiger partial charge >= 0.3 is 10.2 Å². The van der Waals surface area contributed by atoms with Gasteiger partial charge in [-0.1, -0.05) is 31.4 Å². The zero-order valence-electron chi connectivity index (χ0n) is 18.9. The van der Waals surface area contributed by atoms with Gasteiger partial charge in [0.1, 0.15) is 0 Å². The summed E-state index contributed by atoms with van der Waals surface area (Å²) in [6.45, 7) is 0.663. The zero-order chi connectivity index (χ0) is 23.2. The van der Waals surface area contributed by atoms with Crippen LogP contribution in [0, 0.1) is 0 Å². The summed E-state index contributed by atoms with van der Waals surface area (Å²) in [6, 6.07) is 9.62. The second-order valence-electron chi connectivity index (χ2n) is 9.00. The molecule has 0 unspecified atom stereocenters. The molecule has 7 nitrogen and oxygen atoms in total. The smallest absolute Gasteiger partial charge is 0.303 e. The normalized spacial score (nSPS) is 16.5. The van der Waals surface area contributed by atoms with Crippen LogP contribution in [0.15, 0.2) is 42.6 Å². The topological polar surface area (TPSA) is 84.3 Å². The summed E-state index contributed by atoms with van der Waals surface area (Å²) in [6.07, 6.45) is 12.0. The van der Waals surface area contributed by atoms with Gasteiger partial charge in [0, 0.05) is 48.9 Å². The van der Waals surface area contributed by atoms with Gasteiger partial charge in [0.25, 0.3) is 5.91 Å². The molecule has 1 saturated carbocycles. The lowest BCUT2D eigenvalue weighted by atomic mass is 9.81. The van der Waals surface area contributed by atoms with E-state index in [0.29, 0.717) is 18.0 Å². The van der Waals surface area contributed by atoms with E-state index in [-0.39, 0.29) is 0 Å². The van der Waals surface area contributed by atoms with Crippen LogP contribution in [0.1, 0.15) is 59.6 Å². The predicted octanol–water partition coefficient (Wildman–Crippen LogP) is 4.31. The molecule has 3 aromatic rings. The van der Waals surface area contributed by atoms with Crippen molar-refractivity contribution in [2.24, 2.45) is 0 Å². The van der Waals surface area contributed by atoms with Crippen molar-refractivity contribution >= 4 is 33.1 Å². The van der Waals surface area contributed by atoms with E-state index in [1.54, 1.807) is 6.07 Å². The lowest BCUT2D eigenvalue weighted by molar-refractivity contribution is 0.0980. The molecule has 0 atom stereocenters. The highest BCUT2D eigenvalue weighted by Gasteiger charge is 2.29. The molecule has 1 aliphatic heterocycles. The summed E-state index contributed by atoms with van der Waals surface area (Å²) in [4.78, 5) is 17.4. The number of allylic oxidation sites excluding steroid dienone is 1. The van der Waals surface area contributed by atoms with Crippen LogP contribution in [0.5, 0.6) is 0 Å². The quantitative estimate of drug-likeness (QED) is 0.623. The van der Waals surface area contributed by atoms with Crippen LogP contribution in [0.3, 0.4) is 0 Å². The van der Waals surface area contributed by atoms with Gasteiger partial charge in [-0.3, -0.25) is 9.78 Å². The lowest BCUT2D eigenvalue weighted by Gasteiger charge is -2.23. The van der Waals surface area contributed by atoms with Crippen molar-refractivity contribution < 1.29 is 13.2 Å². The fraction of sp³-hybridized carbons (Fsp3) is 0.360. The Balaban J connectivity index is 1.70. The number of benzene rings is 1. The minimum Gasteiger partial charge on any atom is -0.336 e. The molecular formula is C25H28N4O3S. The van der Waals surface area contributed by atoms with Crippen LogP contribution in [0.2, 0.25) is 0 Å². The van der Waals surface area contributed by atoms with Gasteiger partial charge in [-0.25, -0.2) is 4.72 Å². The largest absolute Gasteiger partial charge is 0.336 e. The molecule has 2 aliphatic rings. The van der Waals surface area contributed by atoms with Crippen LogP contribution < -0.4 is 4.72 Å². The molecule has 172 valence electrons. The number of carbonyl (C=O) groups is 1. The number of nitrogens with zero attached hydrogens (tertiary/aromatic N) is 3. The minimum atomic E-state index is -3.87. The number of nitrogens with one attached hydrogen (secondary N) is 1. The highest BCUT2D eigenvalue weighted by atomic mass is 32.2. The first-order valence-electron chi connectivity index (χ1n) is 11.4. The van der Waals surface area contributed by atoms with E-state index in [1.807, 2.05) is 24.4 Å². The molecule has 0 bridgehead atoms. The average Bonchev–Trinajstić information content (AvgIpc) is 3.00. The molecule has 33 heavy (non-hydrogen) atoms. The lowest BCUT2D eigenvalue weighted by Crippen LogP contribution is -2.39. The number of pyridine rings is 1. The SMILES string of the molecule is CN(C)S(=O)(=O)NC(=O)c1ccc2c(C3CCCCC3)c3n(c2c1)CC=Cc1ncccc1-3. The number of fused-ring (bicyclic) bond motifs is 5. The van der Waals surface area contributed by atoms with E-state index in [9.17, 15) is 13.2 Å². The molecule has 2 aromatic heterocycles. The molecule has 0 spiro atoms. The molecular weight excluding hydrogens is 436 g/mol. The highest BCUT2D eigenvalue weighted by Crippen LogP contribution is 2.45. The second kappa shape index (κ2) is 8.43. The maximum absolute atomic E-state index is 12.8. The summed E-state index contributed by atoms with van der Waals surface area (Å²) in [5, 5.41) is 1.13. The Morgan fingerprint density at radius 2 is 1.94 bits per heavy atom. The van der Waals surface area contributed by atoms with E-state index in [0.717, 1.165) is 39.3 Å². The van der Waals surface area contributed by atoms with E-state index in [1.165, 1.54) is 44.6 Å². The molecule has 1 aromatic carbocycles. The number of hydrogen-bond donors (Lipinski definition) is 1. The van der Waals surface area contributed by atoms with Crippen molar-refractivity contribution in [1.29, 1.82) is 0 Å². The fourth-order valence-corrected chi connectivity index (χ4v) is 5.62. The highest BCUT2D eigenvalue weighted by molar-refractivity contribution is 7.87. The summed E-state index contributed by atoms with van der Waals surface area (Å²) in [5.74, 6) is -0.177. The van der Waals surface area contributed by atoms with Crippen molar-refractivity contribution in [2.75, 3.05) is 14.1 Å². The van der Waals surface area contributed by atoms with E-state index in [2.05, 4.69) is 32.5 Å². The predicted molar refractivity (Wildman–Crippen MR) is 130 cm³/mol. The number of amides is 1. The molecule has 0 saturated heterocycles. The van der Waals surface area contributed by atoms with Crippen molar-refractivity contribution in [3.8, 4) is 11.3 Å². The Morgan fingerprint density at radius 1 is 1.15 bits per heavy atom. The Hall–Kier alpha value is -2.97. The second-order valence-corrected chi connectivity index (χ2v) is 10.9. The van der Waals surface area contributed by atoms with Crippen molar-refractivity contribution in [3.63, 3.8) is 0 Å². The van der Waals surface area contributed by atoms with Gasteiger partial charge in [-0.2, -0.15) is 12.7 Å². The third-order valence-corrected chi connectivity index (χ3v) is 8.14. The molecule has 1 aliphatic carbocycles. The summed E-state index contributed by atoms with van der Waals surface area (Å²) >= 11 is 0. The van der Waals surface area contributed by atoms with Crippen LogP contribution in [-0.2, 0) is 16.8 Å². The third kappa shape index (κ3) is 3.87. The van der Waals surface area contributed by atoms with E-state index < -0.39 is 16.1 Å². The molecule has 1 fully saturated rings. The van der Waals surface area contributed by atoms with Gasteiger partial charge in [0.15, 0.2) is 0 Å². The van der Waals surface area contributed by atoms with Crippen molar-refractivity contribution in [3.05, 3.63) is 59.4 Å². The van der Waals surface area contributed by atoms with Gasteiger partial charge in [-0.15, -0.1) is 0 Å². The molecule has 1 amide bonds. The van der Waals surface area contributed by atoms with Crippen LogP contribution >= 0.6 is 0 Å². The van der Waals surface area contributed by atoms with Gasteiger partial charge in [-0.05, 0) is 54.7 Å². The van der Waals surface area contributed by atoms with Crippen LogP contribution in [0.4, 0.5) is 0 Å². The van der Waals surface area contributed by atoms with Crippen molar-refractivity contribution in [1.82, 2.24) is 18.6 Å². The Kier molecular flexibility index (Phi) is 5.58. The number of hydrogen-bond acceptors (Lipinski definition) is 4. The van der Waals surface area contributed by atoms with Gasteiger partial charge in [0.05, 0.1) is 11.4 Å². The first-order chi connectivity index (χ1) is 15.9. The van der Waals surface area contributed by atoms with E-state index >= 15 is 0 Å². The summed E-state index contributed by atoms with van der Waals surface area (Å²) in [5.41, 5.74) is 5.82. The minimum absolute atomic E-state index is 0.322. The standard InChI is InChI=1S/C25H28N4O3S/c1-28(2)33(31,32)27-25(30)18-12-13-20-22(16-18)29-15-7-11-21-19(10-6-14-26-21)24(29)23(20)17-8-4-3-5-9-17/h6-7,10-14,16-17H,3-5,8-9,15H2,1-2H3,(H,27,30). The monoisotopic (exact) mass is 464 g/mol. The molecule has 8 heteroatoms. The maximum Gasteiger partial charge on any atom is 0.303 e. The summed E-state index contributed by atoms with van der Waals surface area (Å²) < 4.78 is 29.7. The number of aromatic nitrogens is 2. The van der Waals surface area contributed by atoms with E-state index in [4.69, 9.17) is 0 Å². The molecule has 5 rings (SSSR count). The Bertz CT molecular complexity index is 1370. The van der Waals surface area contributed by atoms with Gasteiger partial charge < -0.3 is 4.57 Å². The van der Waals surface area contributed by atoms with Gasteiger partial charge in [0.2, 0.25) is 0 Å². The maximum atomic E-state index is 12.8. The fourth-order valence-electron chi connectivity index (χ4n) is 5.09. The number of rotatable bonds is 4. The molecule has 3 heterocycles. The zero-order valence-corrected chi connectivity index (χ0v) is 19.7. The van der Waals surface area contributed by atoms with Crippen LogP contribution in [0.25, 0.3) is 28.2 Å². The van der Waals surface area contributed by atoms with Crippen LogP contribution in [-0.4, -0.2) is 42.3 Å². The molecule has 0 radical (unpaired) electrons. The number of carbonyl (C=O) groups excluding carboxylic acids is 1. The Morgan fingerprint density at radius 3 is 2.70 bits per heavy atom. The first kappa shape index (κ1) is 21.9. The first-order valence-corrected chi connectivity index (χ1v) is 12.8. The average molecular weight is 465 g/mol. The van der Waals surface area contributed by atoms with Crippen molar-refractivity contribution in [2.45, 2.75) is 44.6 Å². The third-order valence-electron chi connectivity index (χ3n) is 6.74.